The summed E-state index contributed by atoms with van der Waals surface area (Å²) < 4.78 is 19.7. The standard InChI is InChI=1S/C27H33FN2O3/c28-23-6-2-3-7-24(23)30-26(32)22-5-1-4-8-25(22)33-16-21(31)15-29-17-27-12-18-9-19(13-27)11-20(10-18)14-27/h1-8,18-21,29,31H,9-17H2,(H,30,32). The normalized spacial score (nSPS) is 28.5. The maximum absolute atomic E-state index is 13.9. The SMILES string of the molecule is O=C(Nc1ccccc1F)c1ccccc1OCC(O)CNCC12CC3CC(CC(C3)C1)C2. The fourth-order valence-corrected chi connectivity index (χ4v) is 6.79. The summed E-state index contributed by atoms with van der Waals surface area (Å²) in [6, 6.07) is 12.9. The van der Waals surface area contributed by atoms with Gasteiger partial charge in [0.2, 0.25) is 0 Å². The Morgan fingerprint density at radius 3 is 2.36 bits per heavy atom. The minimum absolute atomic E-state index is 0.0812. The number of aliphatic hydroxyl groups is 1. The topological polar surface area (TPSA) is 70.6 Å². The summed E-state index contributed by atoms with van der Waals surface area (Å²) in [5.74, 6) is 2.16. The summed E-state index contributed by atoms with van der Waals surface area (Å²) in [5.41, 5.74) is 0.841. The molecule has 4 saturated carbocycles. The number of nitrogens with one attached hydrogen (secondary N) is 2. The minimum Gasteiger partial charge on any atom is -0.490 e. The van der Waals surface area contributed by atoms with E-state index in [1.54, 1.807) is 36.4 Å². The van der Waals surface area contributed by atoms with Crippen LogP contribution in [0.4, 0.5) is 10.1 Å². The number of amides is 1. The van der Waals surface area contributed by atoms with Crippen molar-refractivity contribution >= 4 is 11.6 Å². The van der Waals surface area contributed by atoms with Gasteiger partial charge in [0.05, 0.1) is 11.3 Å². The zero-order valence-electron chi connectivity index (χ0n) is 18.9. The molecule has 1 atom stereocenters. The lowest BCUT2D eigenvalue weighted by molar-refractivity contribution is -0.0524. The molecule has 4 aliphatic carbocycles. The van der Waals surface area contributed by atoms with Crippen molar-refractivity contribution in [1.29, 1.82) is 0 Å². The van der Waals surface area contributed by atoms with Gasteiger partial charge in [-0.2, -0.15) is 0 Å². The molecule has 0 radical (unpaired) electrons. The number of halogens is 1. The third-order valence-corrected chi connectivity index (χ3v) is 7.73. The van der Waals surface area contributed by atoms with E-state index in [-0.39, 0.29) is 12.3 Å². The van der Waals surface area contributed by atoms with Crippen LogP contribution in [0.25, 0.3) is 0 Å². The molecular weight excluding hydrogens is 419 g/mol. The molecule has 2 aromatic rings. The van der Waals surface area contributed by atoms with Gasteiger partial charge in [0.15, 0.2) is 0 Å². The Labute approximate surface area is 194 Å². The van der Waals surface area contributed by atoms with E-state index in [0.717, 1.165) is 24.3 Å². The van der Waals surface area contributed by atoms with E-state index >= 15 is 0 Å². The molecule has 4 bridgehead atoms. The van der Waals surface area contributed by atoms with Crippen molar-refractivity contribution in [2.75, 3.05) is 25.0 Å². The van der Waals surface area contributed by atoms with E-state index in [2.05, 4.69) is 10.6 Å². The van der Waals surface area contributed by atoms with Crippen molar-refractivity contribution in [2.24, 2.45) is 23.2 Å². The summed E-state index contributed by atoms with van der Waals surface area (Å²) in [6.45, 7) is 1.51. The van der Waals surface area contributed by atoms with Gasteiger partial charge in [-0.15, -0.1) is 0 Å². The molecule has 4 aliphatic rings. The van der Waals surface area contributed by atoms with Crippen molar-refractivity contribution in [1.82, 2.24) is 5.32 Å². The monoisotopic (exact) mass is 452 g/mol. The van der Waals surface area contributed by atoms with Gasteiger partial charge in [0.1, 0.15) is 24.3 Å². The predicted octanol–water partition coefficient (Wildman–Crippen LogP) is 4.62. The van der Waals surface area contributed by atoms with Crippen LogP contribution in [0, 0.1) is 29.0 Å². The van der Waals surface area contributed by atoms with Crippen LogP contribution in [-0.4, -0.2) is 36.8 Å². The van der Waals surface area contributed by atoms with Crippen LogP contribution in [0.2, 0.25) is 0 Å². The number of anilines is 1. The second kappa shape index (κ2) is 9.43. The summed E-state index contributed by atoms with van der Waals surface area (Å²) in [6.07, 6.45) is 7.62. The molecule has 3 N–H and O–H groups in total. The maximum Gasteiger partial charge on any atom is 0.259 e. The Balaban J connectivity index is 1.12. The summed E-state index contributed by atoms with van der Waals surface area (Å²) in [4.78, 5) is 12.7. The number of carbonyl (C=O) groups is 1. The molecule has 0 aliphatic heterocycles. The smallest absolute Gasteiger partial charge is 0.259 e. The summed E-state index contributed by atoms with van der Waals surface area (Å²) in [7, 11) is 0. The lowest BCUT2D eigenvalue weighted by Gasteiger charge is -2.57. The van der Waals surface area contributed by atoms with Crippen LogP contribution < -0.4 is 15.4 Å². The highest BCUT2D eigenvalue weighted by Gasteiger charge is 2.50. The van der Waals surface area contributed by atoms with E-state index < -0.39 is 17.8 Å². The fourth-order valence-electron chi connectivity index (χ4n) is 6.79. The Hall–Kier alpha value is -2.44. The van der Waals surface area contributed by atoms with Crippen molar-refractivity contribution in [3.05, 3.63) is 59.9 Å². The molecule has 176 valence electrons. The van der Waals surface area contributed by atoms with E-state index in [1.807, 2.05) is 0 Å². The first-order valence-corrected chi connectivity index (χ1v) is 12.2. The lowest BCUT2D eigenvalue weighted by atomic mass is 9.49. The number of hydrogen-bond donors (Lipinski definition) is 3. The molecule has 0 spiro atoms. The summed E-state index contributed by atoms with van der Waals surface area (Å²) in [5, 5.41) is 16.6. The number of aliphatic hydroxyl groups excluding tert-OH is 1. The molecule has 1 unspecified atom stereocenters. The van der Waals surface area contributed by atoms with Crippen LogP contribution in [0.3, 0.4) is 0 Å². The molecule has 0 aromatic heterocycles. The van der Waals surface area contributed by atoms with E-state index in [9.17, 15) is 14.3 Å². The molecule has 33 heavy (non-hydrogen) atoms. The van der Waals surface area contributed by atoms with Crippen LogP contribution in [-0.2, 0) is 0 Å². The lowest BCUT2D eigenvalue weighted by Crippen LogP contribution is -2.51. The second-order valence-corrected chi connectivity index (χ2v) is 10.4. The van der Waals surface area contributed by atoms with Gasteiger partial charge >= 0.3 is 0 Å². The predicted molar refractivity (Wildman–Crippen MR) is 126 cm³/mol. The van der Waals surface area contributed by atoms with Gasteiger partial charge in [0.25, 0.3) is 5.91 Å². The number of benzene rings is 2. The Morgan fingerprint density at radius 2 is 1.67 bits per heavy atom. The quantitative estimate of drug-likeness (QED) is 0.519. The molecule has 6 rings (SSSR count). The van der Waals surface area contributed by atoms with E-state index in [0.29, 0.717) is 23.3 Å². The second-order valence-electron chi connectivity index (χ2n) is 10.4. The zero-order valence-corrected chi connectivity index (χ0v) is 18.9. The maximum atomic E-state index is 13.9. The summed E-state index contributed by atoms with van der Waals surface area (Å²) >= 11 is 0. The van der Waals surface area contributed by atoms with Crippen LogP contribution >= 0.6 is 0 Å². The van der Waals surface area contributed by atoms with Crippen molar-refractivity contribution in [3.8, 4) is 5.75 Å². The molecule has 5 nitrogen and oxygen atoms in total. The zero-order chi connectivity index (χ0) is 22.8. The average Bonchev–Trinajstić information content (AvgIpc) is 2.78. The third kappa shape index (κ3) is 5.07. The Kier molecular flexibility index (Phi) is 6.39. The largest absolute Gasteiger partial charge is 0.490 e. The first-order chi connectivity index (χ1) is 16.0. The highest BCUT2D eigenvalue weighted by molar-refractivity contribution is 6.06. The minimum atomic E-state index is -0.679. The first kappa shape index (κ1) is 22.4. The highest BCUT2D eigenvalue weighted by atomic mass is 19.1. The number of para-hydroxylation sites is 2. The average molecular weight is 453 g/mol. The van der Waals surface area contributed by atoms with Crippen LogP contribution in [0.1, 0.15) is 48.9 Å². The number of ether oxygens (including phenoxy) is 1. The van der Waals surface area contributed by atoms with Crippen molar-refractivity contribution in [3.63, 3.8) is 0 Å². The van der Waals surface area contributed by atoms with Crippen LogP contribution in [0.15, 0.2) is 48.5 Å². The van der Waals surface area contributed by atoms with Gasteiger partial charge < -0.3 is 20.5 Å². The van der Waals surface area contributed by atoms with Gasteiger partial charge in [0, 0.05) is 13.1 Å². The highest BCUT2D eigenvalue weighted by Crippen LogP contribution is 2.59. The third-order valence-electron chi connectivity index (χ3n) is 7.73. The molecular formula is C27H33FN2O3. The van der Waals surface area contributed by atoms with Crippen molar-refractivity contribution in [2.45, 2.75) is 44.6 Å². The molecule has 2 aromatic carbocycles. The van der Waals surface area contributed by atoms with E-state index in [1.165, 1.54) is 50.7 Å². The van der Waals surface area contributed by atoms with Crippen molar-refractivity contribution < 1.29 is 19.0 Å². The van der Waals surface area contributed by atoms with E-state index in [4.69, 9.17) is 4.74 Å². The Bertz CT molecular complexity index is 960. The fraction of sp³-hybridized carbons (Fsp3) is 0.519. The molecule has 6 heteroatoms. The van der Waals surface area contributed by atoms with Gasteiger partial charge in [-0.3, -0.25) is 4.79 Å². The molecule has 0 heterocycles. The van der Waals surface area contributed by atoms with Gasteiger partial charge in [-0.05, 0) is 86.0 Å². The number of hydrogen-bond acceptors (Lipinski definition) is 4. The van der Waals surface area contributed by atoms with Crippen LogP contribution in [0.5, 0.6) is 5.75 Å². The van der Waals surface area contributed by atoms with Gasteiger partial charge in [-0.25, -0.2) is 4.39 Å². The number of carbonyl (C=O) groups excluding carboxylic acids is 1. The molecule has 0 saturated heterocycles. The molecule has 1 amide bonds. The molecule has 4 fully saturated rings. The van der Waals surface area contributed by atoms with Gasteiger partial charge in [-0.1, -0.05) is 24.3 Å². The number of rotatable bonds is 9. The Morgan fingerprint density at radius 1 is 1.03 bits per heavy atom. The first-order valence-electron chi connectivity index (χ1n) is 12.2.